The molecule has 24 heavy (non-hydrogen) atoms. The zero-order valence-corrected chi connectivity index (χ0v) is 17.5. The molecule has 2 heteroatoms. The van der Waals surface area contributed by atoms with Gasteiger partial charge in [0, 0.05) is 13.2 Å². The first kappa shape index (κ1) is 23.9. The molecular weight excluding hydrogens is 294 g/mol. The summed E-state index contributed by atoms with van der Waals surface area (Å²) in [6.07, 6.45) is 21.7. The van der Waals surface area contributed by atoms with Crippen LogP contribution in [0.3, 0.4) is 0 Å². The van der Waals surface area contributed by atoms with E-state index in [-0.39, 0.29) is 0 Å². The molecule has 0 rings (SSSR count). The maximum absolute atomic E-state index is 5.82. The van der Waals surface area contributed by atoms with Crippen molar-refractivity contribution >= 4 is 0 Å². The zero-order chi connectivity index (χ0) is 17.9. The molecular formula is C22H47NO. The molecule has 0 aliphatic carbocycles. The van der Waals surface area contributed by atoms with E-state index in [4.69, 9.17) is 4.74 Å². The summed E-state index contributed by atoms with van der Waals surface area (Å²) in [5, 5.41) is 0. The molecule has 0 fully saturated rings. The summed E-state index contributed by atoms with van der Waals surface area (Å²) in [6.45, 7) is 6.30. The van der Waals surface area contributed by atoms with Gasteiger partial charge in [-0.1, -0.05) is 96.8 Å². The molecule has 0 aliphatic heterocycles. The largest absolute Gasteiger partial charge is 0.377 e. The van der Waals surface area contributed by atoms with Crippen LogP contribution in [0.5, 0.6) is 0 Å². The van der Waals surface area contributed by atoms with Crippen LogP contribution in [-0.2, 0) is 4.74 Å². The van der Waals surface area contributed by atoms with Gasteiger partial charge in [-0.25, -0.2) is 0 Å². The van der Waals surface area contributed by atoms with Crippen molar-refractivity contribution in [2.24, 2.45) is 0 Å². The number of hydrogen-bond acceptors (Lipinski definition) is 2. The predicted molar refractivity (Wildman–Crippen MR) is 109 cm³/mol. The molecule has 0 bridgehead atoms. The third kappa shape index (κ3) is 18.3. The standard InChI is InChI=1S/C22H47NO/c1-5-7-8-9-10-11-12-13-14-15-16-17-18-19-20-22(24-6-2)21-23(3)4/h22H,5-21H2,1-4H3. The van der Waals surface area contributed by atoms with E-state index < -0.39 is 0 Å². The highest BCUT2D eigenvalue weighted by Crippen LogP contribution is 2.14. The van der Waals surface area contributed by atoms with Crippen LogP contribution in [0, 0.1) is 0 Å². The van der Waals surface area contributed by atoms with Crippen molar-refractivity contribution in [3.63, 3.8) is 0 Å². The van der Waals surface area contributed by atoms with Crippen LogP contribution < -0.4 is 0 Å². The van der Waals surface area contributed by atoms with Crippen LogP contribution in [-0.4, -0.2) is 38.3 Å². The van der Waals surface area contributed by atoms with Crippen molar-refractivity contribution in [3.05, 3.63) is 0 Å². The van der Waals surface area contributed by atoms with E-state index in [2.05, 4.69) is 32.8 Å². The van der Waals surface area contributed by atoms with Gasteiger partial charge in [-0.05, 0) is 27.4 Å². The fraction of sp³-hybridized carbons (Fsp3) is 1.00. The summed E-state index contributed by atoms with van der Waals surface area (Å²) < 4.78 is 5.82. The van der Waals surface area contributed by atoms with Gasteiger partial charge in [0.15, 0.2) is 0 Å². The molecule has 2 nitrogen and oxygen atoms in total. The Balaban J connectivity index is 3.24. The lowest BCUT2D eigenvalue weighted by atomic mass is 10.0. The molecule has 0 radical (unpaired) electrons. The van der Waals surface area contributed by atoms with E-state index in [1.54, 1.807) is 0 Å². The molecule has 0 aromatic rings. The molecule has 0 aromatic heterocycles. The molecule has 0 spiro atoms. The second-order valence-electron chi connectivity index (χ2n) is 7.72. The van der Waals surface area contributed by atoms with Crippen LogP contribution in [0.1, 0.15) is 110 Å². The lowest BCUT2D eigenvalue weighted by molar-refractivity contribution is 0.0369. The summed E-state index contributed by atoms with van der Waals surface area (Å²) in [5.41, 5.74) is 0. The minimum Gasteiger partial charge on any atom is -0.377 e. The number of ether oxygens (including phenoxy) is 1. The average molecular weight is 342 g/mol. The number of rotatable bonds is 19. The van der Waals surface area contributed by atoms with Gasteiger partial charge < -0.3 is 9.64 Å². The molecule has 0 saturated carbocycles. The van der Waals surface area contributed by atoms with E-state index >= 15 is 0 Å². The average Bonchev–Trinajstić information content (AvgIpc) is 2.54. The highest BCUT2D eigenvalue weighted by molar-refractivity contribution is 4.62. The summed E-state index contributed by atoms with van der Waals surface area (Å²) in [4.78, 5) is 2.24. The molecule has 0 saturated heterocycles. The van der Waals surface area contributed by atoms with Crippen LogP contribution in [0.4, 0.5) is 0 Å². The van der Waals surface area contributed by atoms with Crippen molar-refractivity contribution in [1.29, 1.82) is 0 Å². The van der Waals surface area contributed by atoms with Crippen LogP contribution in [0.25, 0.3) is 0 Å². The molecule has 146 valence electrons. The van der Waals surface area contributed by atoms with Gasteiger partial charge in [-0.15, -0.1) is 0 Å². The third-order valence-electron chi connectivity index (χ3n) is 4.85. The third-order valence-corrected chi connectivity index (χ3v) is 4.85. The Morgan fingerprint density at radius 1 is 0.625 bits per heavy atom. The van der Waals surface area contributed by atoms with Crippen molar-refractivity contribution in [1.82, 2.24) is 4.90 Å². The number of nitrogens with zero attached hydrogens (tertiary/aromatic N) is 1. The van der Waals surface area contributed by atoms with E-state index in [0.717, 1.165) is 13.2 Å². The van der Waals surface area contributed by atoms with E-state index in [9.17, 15) is 0 Å². The van der Waals surface area contributed by atoms with Crippen LogP contribution in [0.2, 0.25) is 0 Å². The Morgan fingerprint density at radius 3 is 1.42 bits per heavy atom. The minimum atomic E-state index is 0.433. The molecule has 1 atom stereocenters. The number of likely N-dealkylation sites (N-methyl/N-ethyl adjacent to an activating group) is 1. The molecule has 0 heterocycles. The number of unbranched alkanes of at least 4 members (excludes halogenated alkanes) is 13. The smallest absolute Gasteiger partial charge is 0.0701 e. The molecule has 0 aromatic carbocycles. The zero-order valence-electron chi connectivity index (χ0n) is 17.5. The molecule has 0 aliphatic rings. The van der Waals surface area contributed by atoms with Gasteiger partial charge in [-0.2, -0.15) is 0 Å². The lowest BCUT2D eigenvalue weighted by Crippen LogP contribution is -2.28. The second kappa shape index (κ2) is 19.2. The maximum Gasteiger partial charge on any atom is 0.0701 e. The predicted octanol–water partition coefficient (Wildman–Crippen LogP) is 6.82. The van der Waals surface area contributed by atoms with Crippen molar-refractivity contribution in [2.75, 3.05) is 27.2 Å². The fourth-order valence-electron chi connectivity index (χ4n) is 3.44. The minimum absolute atomic E-state index is 0.433. The first-order valence-electron chi connectivity index (χ1n) is 11.0. The van der Waals surface area contributed by atoms with Crippen molar-refractivity contribution in [2.45, 2.75) is 116 Å². The SMILES string of the molecule is CCCCCCCCCCCCCCCCC(CN(C)C)OCC. The quantitative estimate of drug-likeness (QED) is 0.239. The Kier molecular flexibility index (Phi) is 19.2. The summed E-state index contributed by atoms with van der Waals surface area (Å²) in [6, 6.07) is 0. The molecule has 1 unspecified atom stereocenters. The van der Waals surface area contributed by atoms with Gasteiger partial charge in [0.1, 0.15) is 0 Å². The van der Waals surface area contributed by atoms with Gasteiger partial charge in [-0.3, -0.25) is 0 Å². The van der Waals surface area contributed by atoms with Crippen LogP contribution in [0.15, 0.2) is 0 Å². The van der Waals surface area contributed by atoms with E-state index in [1.807, 2.05) is 0 Å². The summed E-state index contributed by atoms with van der Waals surface area (Å²) in [5.74, 6) is 0. The topological polar surface area (TPSA) is 12.5 Å². The van der Waals surface area contributed by atoms with Crippen molar-refractivity contribution < 1.29 is 4.74 Å². The Labute approximate surface area is 153 Å². The van der Waals surface area contributed by atoms with Gasteiger partial charge in [0.05, 0.1) is 6.10 Å². The van der Waals surface area contributed by atoms with Gasteiger partial charge in [0.2, 0.25) is 0 Å². The van der Waals surface area contributed by atoms with Crippen molar-refractivity contribution in [3.8, 4) is 0 Å². The van der Waals surface area contributed by atoms with Gasteiger partial charge in [0.25, 0.3) is 0 Å². The molecule has 0 N–H and O–H groups in total. The van der Waals surface area contributed by atoms with E-state index in [1.165, 1.54) is 96.3 Å². The summed E-state index contributed by atoms with van der Waals surface area (Å²) in [7, 11) is 4.27. The highest BCUT2D eigenvalue weighted by atomic mass is 16.5. The lowest BCUT2D eigenvalue weighted by Gasteiger charge is -2.20. The Morgan fingerprint density at radius 2 is 1.04 bits per heavy atom. The maximum atomic E-state index is 5.82. The second-order valence-corrected chi connectivity index (χ2v) is 7.72. The number of hydrogen-bond donors (Lipinski definition) is 0. The summed E-state index contributed by atoms with van der Waals surface area (Å²) >= 11 is 0. The first-order valence-corrected chi connectivity index (χ1v) is 11.0. The first-order chi connectivity index (χ1) is 11.7. The van der Waals surface area contributed by atoms with Crippen LogP contribution >= 0.6 is 0 Å². The normalized spacial score (nSPS) is 12.9. The van der Waals surface area contributed by atoms with Gasteiger partial charge >= 0.3 is 0 Å². The Bertz CT molecular complexity index is 230. The highest BCUT2D eigenvalue weighted by Gasteiger charge is 2.08. The van der Waals surface area contributed by atoms with E-state index in [0.29, 0.717) is 6.10 Å². The molecule has 0 amide bonds. The Hall–Kier alpha value is -0.0800. The monoisotopic (exact) mass is 341 g/mol. The fourth-order valence-corrected chi connectivity index (χ4v) is 3.44.